The van der Waals surface area contributed by atoms with Crippen molar-refractivity contribution >= 4 is 0 Å². The second-order valence-electron chi connectivity index (χ2n) is 7.49. The summed E-state index contributed by atoms with van der Waals surface area (Å²) in [5.74, 6) is 1.01. The average molecular weight is 363 g/mol. The van der Waals surface area contributed by atoms with E-state index in [2.05, 4.69) is 57.2 Å². The predicted octanol–water partition coefficient (Wildman–Crippen LogP) is 2.87. The lowest BCUT2D eigenvalue weighted by Gasteiger charge is -2.17. The second kappa shape index (κ2) is 7.12. The van der Waals surface area contributed by atoms with Gasteiger partial charge >= 0.3 is 0 Å². The predicted molar refractivity (Wildman–Crippen MR) is 105 cm³/mol. The van der Waals surface area contributed by atoms with Crippen LogP contribution in [0.25, 0.3) is 5.69 Å². The molecule has 1 unspecified atom stereocenters. The van der Waals surface area contributed by atoms with E-state index < -0.39 is 0 Å². The van der Waals surface area contributed by atoms with Crippen LogP contribution in [0.1, 0.15) is 40.8 Å². The molecule has 0 saturated carbocycles. The van der Waals surface area contributed by atoms with Gasteiger partial charge in [0.1, 0.15) is 5.82 Å². The van der Waals surface area contributed by atoms with Gasteiger partial charge < -0.3 is 4.98 Å². The lowest BCUT2D eigenvalue weighted by Crippen LogP contribution is -2.21. The summed E-state index contributed by atoms with van der Waals surface area (Å²) < 4.78 is 1.99. The van der Waals surface area contributed by atoms with Gasteiger partial charge in [-0.15, -0.1) is 0 Å². The van der Waals surface area contributed by atoms with E-state index in [0.717, 1.165) is 48.8 Å². The van der Waals surface area contributed by atoms with Crippen molar-refractivity contribution in [3.63, 3.8) is 0 Å². The van der Waals surface area contributed by atoms with E-state index in [4.69, 9.17) is 0 Å². The van der Waals surface area contributed by atoms with Crippen LogP contribution in [0.5, 0.6) is 0 Å². The Balaban J connectivity index is 1.48. The molecule has 1 aliphatic rings. The minimum Gasteiger partial charge on any atom is -0.311 e. The Labute approximate surface area is 158 Å². The smallest absolute Gasteiger partial charge is 0.251 e. The molecule has 1 aromatic carbocycles. The highest BCUT2D eigenvalue weighted by Crippen LogP contribution is 2.26. The van der Waals surface area contributed by atoms with Crippen LogP contribution in [-0.2, 0) is 6.54 Å². The molecular weight excluding hydrogens is 338 g/mol. The highest BCUT2D eigenvalue weighted by atomic mass is 16.1. The first kappa shape index (κ1) is 17.7. The quantitative estimate of drug-likeness (QED) is 0.774. The van der Waals surface area contributed by atoms with Gasteiger partial charge in [-0.2, -0.15) is 5.10 Å². The first-order chi connectivity index (χ1) is 13.0. The van der Waals surface area contributed by atoms with Crippen molar-refractivity contribution in [2.45, 2.75) is 39.7 Å². The van der Waals surface area contributed by atoms with Crippen LogP contribution in [0, 0.1) is 20.8 Å². The topological polar surface area (TPSA) is 66.8 Å². The Hall–Kier alpha value is -2.73. The van der Waals surface area contributed by atoms with Crippen LogP contribution in [0.15, 0.2) is 41.2 Å². The van der Waals surface area contributed by atoms with Gasteiger partial charge in [0.25, 0.3) is 5.56 Å². The van der Waals surface area contributed by atoms with Gasteiger partial charge in [-0.25, -0.2) is 9.67 Å². The molecule has 27 heavy (non-hydrogen) atoms. The second-order valence-corrected chi connectivity index (χ2v) is 7.49. The Kier molecular flexibility index (Phi) is 4.66. The molecule has 3 heterocycles. The summed E-state index contributed by atoms with van der Waals surface area (Å²) in [5, 5.41) is 4.58. The average Bonchev–Trinajstić information content (AvgIpc) is 3.20. The molecule has 1 fully saturated rings. The Morgan fingerprint density at radius 2 is 2.04 bits per heavy atom. The number of likely N-dealkylation sites (tertiary alicyclic amines) is 1. The Morgan fingerprint density at radius 1 is 1.19 bits per heavy atom. The fraction of sp³-hybridized carbons (Fsp3) is 0.381. The summed E-state index contributed by atoms with van der Waals surface area (Å²) in [5.41, 5.74) is 5.39. The lowest BCUT2D eigenvalue weighted by molar-refractivity contribution is 0.326. The van der Waals surface area contributed by atoms with Crippen molar-refractivity contribution in [3.05, 3.63) is 75.2 Å². The van der Waals surface area contributed by atoms with Crippen molar-refractivity contribution in [2.75, 3.05) is 13.1 Å². The van der Waals surface area contributed by atoms with E-state index in [1.807, 2.05) is 18.5 Å². The molecule has 0 aliphatic carbocycles. The van der Waals surface area contributed by atoms with Gasteiger partial charge in [-0.3, -0.25) is 9.69 Å². The van der Waals surface area contributed by atoms with E-state index >= 15 is 0 Å². The number of nitrogens with zero attached hydrogens (tertiary/aromatic N) is 4. The molecule has 0 amide bonds. The van der Waals surface area contributed by atoms with E-state index in [1.54, 1.807) is 6.07 Å². The molecule has 3 aromatic rings. The fourth-order valence-electron chi connectivity index (χ4n) is 3.96. The molecule has 0 bridgehead atoms. The van der Waals surface area contributed by atoms with Crippen molar-refractivity contribution in [3.8, 4) is 5.69 Å². The largest absolute Gasteiger partial charge is 0.311 e. The van der Waals surface area contributed by atoms with E-state index in [0.29, 0.717) is 11.7 Å². The number of aromatic amines is 1. The van der Waals surface area contributed by atoms with Crippen molar-refractivity contribution in [1.82, 2.24) is 24.6 Å². The fourth-order valence-corrected chi connectivity index (χ4v) is 3.96. The summed E-state index contributed by atoms with van der Waals surface area (Å²) in [7, 11) is 0. The molecule has 1 atom stereocenters. The van der Waals surface area contributed by atoms with Crippen LogP contribution < -0.4 is 5.56 Å². The molecule has 1 saturated heterocycles. The number of hydrogen-bond acceptors (Lipinski definition) is 4. The van der Waals surface area contributed by atoms with E-state index in [1.165, 1.54) is 5.56 Å². The van der Waals surface area contributed by atoms with Gasteiger partial charge in [0.2, 0.25) is 0 Å². The van der Waals surface area contributed by atoms with Gasteiger partial charge in [-0.05, 0) is 57.5 Å². The molecular formula is C21H25N5O. The summed E-state index contributed by atoms with van der Waals surface area (Å²) in [4.78, 5) is 21.4. The van der Waals surface area contributed by atoms with Crippen LogP contribution >= 0.6 is 0 Å². The molecule has 0 spiro atoms. The standard InChI is InChI=1S/C21H25N5O/c1-14-9-15(2)26(24-14)19-6-4-5-17(10-19)12-25-8-7-18(13-25)20-11-21(27)23-16(3)22-20/h4-6,9-11,18H,7-8,12-13H2,1-3H3,(H,22,23,27). The third-order valence-corrected chi connectivity index (χ3v) is 5.14. The molecule has 2 aromatic heterocycles. The van der Waals surface area contributed by atoms with Gasteiger partial charge in [0.05, 0.1) is 17.1 Å². The van der Waals surface area contributed by atoms with Crippen LogP contribution in [-0.4, -0.2) is 37.7 Å². The monoisotopic (exact) mass is 363 g/mol. The zero-order valence-corrected chi connectivity index (χ0v) is 16.1. The Morgan fingerprint density at radius 3 is 2.78 bits per heavy atom. The zero-order chi connectivity index (χ0) is 19.0. The summed E-state index contributed by atoms with van der Waals surface area (Å²) in [6.45, 7) is 8.77. The molecule has 1 N–H and O–H groups in total. The number of aryl methyl sites for hydroxylation is 3. The van der Waals surface area contributed by atoms with E-state index in [-0.39, 0.29) is 5.56 Å². The first-order valence-corrected chi connectivity index (χ1v) is 9.41. The number of rotatable bonds is 4. The number of aromatic nitrogens is 4. The number of hydrogen-bond donors (Lipinski definition) is 1. The minimum atomic E-state index is -0.0615. The number of benzene rings is 1. The number of nitrogens with one attached hydrogen (secondary N) is 1. The molecule has 140 valence electrons. The Bertz CT molecular complexity index is 1020. The lowest BCUT2D eigenvalue weighted by atomic mass is 10.0. The SMILES string of the molecule is Cc1cc(C)n(-c2cccc(CN3CCC(c4cc(=O)[nH]c(C)n4)C3)c2)n1. The van der Waals surface area contributed by atoms with Crippen LogP contribution in [0.2, 0.25) is 0 Å². The van der Waals surface area contributed by atoms with Gasteiger partial charge in [0, 0.05) is 30.8 Å². The maximum absolute atomic E-state index is 11.7. The van der Waals surface area contributed by atoms with Crippen molar-refractivity contribution in [2.24, 2.45) is 0 Å². The third kappa shape index (κ3) is 3.85. The molecule has 4 rings (SSSR count). The van der Waals surface area contributed by atoms with Crippen molar-refractivity contribution in [1.29, 1.82) is 0 Å². The van der Waals surface area contributed by atoms with Crippen molar-refractivity contribution < 1.29 is 0 Å². The molecule has 1 aliphatic heterocycles. The van der Waals surface area contributed by atoms with Crippen LogP contribution in [0.3, 0.4) is 0 Å². The maximum atomic E-state index is 11.7. The van der Waals surface area contributed by atoms with Gasteiger partial charge in [-0.1, -0.05) is 12.1 Å². The summed E-state index contributed by atoms with van der Waals surface area (Å²) in [6, 6.07) is 12.3. The minimum absolute atomic E-state index is 0.0615. The van der Waals surface area contributed by atoms with Gasteiger partial charge in [0.15, 0.2) is 0 Å². The zero-order valence-electron chi connectivity index (χ0n) is 16.1. The highest BCUT2D eigenvalue weighted by molar-refractivity contribution is 5.37. The summed E-state index contributed by atoms with van der Waals surface area (Å²) in [6.07, 6.45) is 1.03. The van der Waals surface area contributed by atoms with Crippen LogP contribution in [0.4, 0.5) is 0 Å². The normalized spacial score (nSPS) is 17.5. The van der Waals surface area contributed by atoms with E-state index in [9.17, 15) is 4.79 Å². The summed E-state index contributed by atoms with van der Waals surface area (Å²) >= 11 is 0. The molecule has 0 radical (unpaired) electrons. The molecule has 6 heteroatoms. The number of H-pyrrole nitrogens is 1. The first-order valence-electron chi connectivity index (χ1n) is 9.41. The molecule has 6 nitrogen and oxygen atoms in total. The highest BCUT2D eigenvalue weighted by Gasteiger charge is 2.25. The maximum Gasteiger partial charge on any atom is 0.251 e. The third-order valence-electron chi connectivity index (χ3n) is 5.14.